The lowest BCUT2D eigenvalue weighted by Gasteiger charge is -2.13. The van der Waals surface area contributed by atoms with Crippen LogP contribution in [0.1, 0.15) is 0 Å². The van der Waals surface area contributed by atoms with E-state index in [-0.39, 0.29) is 23.3 Å². The van der Waals surface area contributed by atoms with E-state index >= 15 is 0 Å². The number of methoxy groups -OCH3 is 1. The van der Waals surface area contributed by atoms with Crippen LogP contribution in [0.25, 0.3) is 5.82 Å². The highest BCUT2D eigenvalue weighted by Crippen LogP contribution is 2.33. The van der Waals surface area contributed by atoms with Crippen molar-refractivity contribution in [2.45, 2.75) is 6.36 Å². The summed E-state index contributed by atoms with van der Waals surface area (Å²) in [4.78, 5) is 8.12. The number of nitrogen functional groups attached to an aromatic ring is 1. The highest BCUT2D eigenvalue weighted by Gasteiger charge is 2.31. The molecule has 0 bridgehead atoms. The molecule has 8 nitrogen and oxygen atoms in total. The van der Waals surface area contributed by atoms with Gasteiger partial charge in [-0.3, -0.25) is 0 Å². The van der Waals surface area contributed by atoms with E-state index < -0.39 is 12.1 Å². The summed E-state index contributed by atoms with van der Waals surface area (Å²) < 4.78 is 47.5. The Morgan fingerprint density at radius 2 is 2.00 bits per heavy atom. The van der Waals surface area contributed by atoms with Crippen molar-refractivity contribution in [3.8, 4) is 17.3 Å². The molecule has 0 amide bonds. The van der Waals surface area contributed by atoms with E-state index in [1.807, 2.05) is 0 Å². The van der Waals surface area contributed by atoms with Crippen molar-refractivity contribution in [1.29, 1.82) is 0 Å². The number of nitrogens with two attached hydrogens (primary N) is 1. The molecule has 0 unspecified atom stereocenters. The second-order valence-electron chi connectivity index (χ2n) is 4.93. The van der Waals surface area contributed by atoms with Crippen LogP contribution in [0.5, 0.6) is 11.5 Å². The van der Waals surface area contributed by atoms with E-state index in [1.54, 1.807) is 24.4 Å². The van der Waals surface area contributed by atoms with Gasteiger partial charge in [0.2, 0.25) is 11.9 Å². The second kappa shape index (κ2) is 6.78. The minimum absolute atomic E-state index is 0.0489. The SMILES string of the molecule is COc1ccc(OC(F)(F)F)cc1Nc1nc(N)n(-c2ccccn2)n1. The molecule has 136 valence electrons. The third kappa shape index (κ3) is 3.94. The number of hydrogen-bond donors (Lipinski definition) is 2. The molecular weight excluding hydrogens is 353 g/mol. The molecule has 1 aromatic carbocycles. The van der Waals surface area contributed by atoms with Crippen LogP contribution in [0.3, 0.4) is 0 Å². The number of anilines is 3. The zero-order valence-electron chi connectivity index (χ0n) is 13.4. The molecule has 0 atom stereocenters. The Morgan fingerprint density at radius 1 is 1.19 bits per heavy atom. The molecule has 3 rings (SSSR count). The Kier molecular flexibility index (Phi) is 4.52. The third-order valence-corrected chi connectivity index (χ3v) is 3.15. The monoisotopic (exact) mass is 366 g/mol. The lowest BCUT2D eigenvalue weighted by molar-refractivity contribution is -0.274. The summed E-state index contributed by atoms with van der Waals surface area (Å²) >= 11 is 0. The normalized spacial score (nSPS) is 11.2. The number of halogens is 3. The highest BCUT2D eigenvalue weighted by atomic mass is 19.4. The van der Waals surface area contributed by atoms with Gasteiger partial charge in [0.1, 0.15) is 11.5 Å². The van der Waals surface area contributed by atoms with E-state index in [0.717, 1.165) is 12.1 Å². The zero-order chi connectivity index (χ0) is 18.7. The molecule has 0 aliphatic rings. The first-order valence-corrected chi connectivity index (χ1v) is 7.20. The molecule has 0 saturated heterocycles. The number of alkyl halides is 3. The molecule has 0 aliphatic heterocycles. The summed E-state index contributed by atoms with van der Waals surface area (Å²) in [6.45, 7) is 0. The van der Waals surface area contributed by atoms with E-state index in [2.05, 4.69) is 25.1 Å². The van der Waals surface area contributed by atoms with Crippen molar-refractivity contribution in [2.24, 2.45) is 0 Å². The number of rotatable bonds is 5. The first kappa shape index (κ1) is 17.3. The van der Waals surface area contributed by atoms with Crippen molar-refractivity contribution in [2.75, 3.05) is 18.2 Å². The van der Waals surface area contributed by atoms with Crippen molar-refractivity contribution < 1.29 is 22.6 Å². The third-order valence-electron chi connectivity index (χ3n) is 3.15. The van der Waals surface area contributed by atoms with Crippen LogP contribution in [-0.4, -0.2) is 33.2 Å². The summed E-state index contributed by atoms with van der Waals surface area (Å²) in [6.07, 6.45) is -3.25. The van der Waals surface area contributed by atoms with Crippen LogP contribution in [0.4, 0.5) is 30.8 Å². The van der Waals surface area contributed by atoms with Crippen LogP contribution >= 0.6 is 0 Å². The lowest BCUT2D eigenvalue weighted by Crippen LogP contribution is -2.17. The van der Waals surface area contributed by atoms with E-state index in [1.165, 1.54) is 17.9 Å². The van der Waals surface area contributed by atoms with Gasteiger partial charge in [0, 0.05) is 12.3 Å². The molecule has 2 heterocycles. The maximum atomic E-state index is 12.4. The Morgan fingerprint density at radius 3 is 2.65 bits per heavy atom. The summed E-state index contributed by atoms with van der Waals surface area (Å²) in [7, 11) is 1.37. The van der Waals surface area contributed by atoms with Gasteiger partial charge >= 0.3 is 6.36 Å². The van der Waals surface area contributed by atoms with Crippen molar-refractivity contribution in [1.82, 2.24) is 19.7 Å². The molecule has 0 fully saturated rings. The Balaban J connectivity index is 1.90. The molecule has 0 aliphatic carbocycles. The molecule has 26 heavy (non-hydrogen) atoms. The maximum Gasteiger partial charge on any atom is 0.573 e. The van der Waals surface area contributed by atoms with Gasteiger partial charge in [0.05, 0.1) is 12.8 Å². The molecule has 0 saturated carbocycles. The Labute approximate surface area is 145 Å². The predicted molar refractivity (Wildman–Crippen MR) is 86.5 cm³/mol. The average molecular weight is 366 g/mol. The van der Waals surface area contributed by atoms with Gasteiger partial charge in [-0.25, -0.2) is 4.98 Å². The predicted octanol–water partition coefficient (Wildman–Crippen LogP) is 2.90. The van der Waals surface area contributed by atoms with Gasteiger partial charge in [0.15, 0.2) is 5.82 Å². The van der Waals surface area contributed by atoms with Crippen LogP contribution in [0.2, 0.25) is 0 Å². The quantitative estimate of drug-likeness (QED) is 0.716. The number of benzene rings is 1. The zero-order valence-corrected chi connectivity index (χ0v) is 13.4. The largest absolute Gasteiger partial charge is 0.573 e. The standard InChI is InChI=1S/C15H13F3N6O2/c1-25-11-6-5-9(26-15(16,17)18)8-10(11)21-14-22-13(19)24(23-14)12-4-2-3-7-20-12/h2-8H,1H3,(H3,19,21,22,23). The van der Waals surface area contributed by atoms with Gasteiger partial charge < -0.3 is 20.5 Å². The maximum absolute atomic E-state index is 12.4. The second-order valence-corrected chi connectivity index (χ2v) is 4.93. The fourth-order valence-electron chi connectivity index (χ4n) is 2.13. The molecule has 0 spiro atoms. The Bertz CT molecular complexity index is 898. The van der Waals surface area contributed by atoms with Gasteiger partial charge in [-0.2, -0.15) is 9.67 Å². The van der Waals surface area contributed by atoms with Crippen molar-refractivity contribution >= 4 is 17.6 Å². The van der Waals surface area contributed by atoms with E-state index in [4.69, 9.17) is 10.5 Å². The van der Waals surface area contributed by atoms with Gasteiger partial charge in [-0.05, 0) is 24.3 Å². The van der Waals surface area contributed by atoms with Crippen molar-refractivity contribution in [3.63, 3.8) is 0 Å². The summed E-state index contributed by atoms with van der Waals surface area (Å²) in [6, 6.07) is 8.72. The van der Waals surface area contributed by atoms with Crippen LogP contribution in [0, 0.1) is 0 Å². The molecule has 11 heteroatoms. The lowest BCUT2D eigenvalue weighted by atomic mass is 10.2. The minimum Gasteiger partial charge on any atom is -0.495 e. The molecule has 3 N–H and O–H groups in total. The van der Waals surface area contributed by atoms with Crippen LogP contribution < -0.4 is 20.5 Å². The van der Waals surface area contributed by atoms with Gasteiger partial charge in [0.25, 0.3) is 0 Å². The first-order valence-electron chi connectivity index (χ1n) is 7.20. The smallest absolute Gasteiger partial charge is 0.495 e. The molecule has 2 aromatic heterocycles. The number of aromatic nitrogens is 4. The summed E-state index contributed by atoms with van der Waals surface area (Å²) in [5, 5.41) is 6.90. The van der Waals surface area contributed by atoms with Gasteiger partial charge in [-0.15, -0.1) is 18.3 Å². The Hall–Kier alpha value is -3.50. The molecular formula is C15H13F3N6O2. The average Bonchev–Trinajstić information content (AvgIpc) is 2.95. The fraction of sp³-hybridized carbons (Fsp3) is 0.133. The van der Waals surface area contributed by atoms with Crippen LogP contribution in [-0.2, 0) is 0 Å². The number of nitrogens with zero attached hydrogens (tertiary/aromatic N) is 4. The number of pyridine rings is 1. The number of ether oxygens (including phenoxy) is 2. The molecule has 0 radical (unpaired) electrons. The number of nitrogens with one attached hydrogen (secondary N) is 1. The van der Waals surface area contributed by atoms with E-state index in [9.17, 15) is 13.2 Å². The van der Waals surface area contributed by atoms with Crippen LogP contribution in [0.15, 0.2) is 42.6 Å². The minimum atomic E-state index is -4.81. The first-order chi connectivity index (χ1) is 12.4. The topological polar surface area (TPSA) is 100 Å². The van der Waals surface area contributed by atoms with Gasteiger partial charge in [-0.1, -0.05) is 6.07 Å². The summed E-state index contributed by atoms with van der Waals surface area (Å²) in [5.74, 6) is 0.389. The highest BCUT2D eigenvalue weighted by molar-refractivity contribution is 5.65. The fourth-order valence-corrected chi connectivity index (χ4v) is 2.13. The van der Waals surface area contributed by atoms with E-state index in [0.29, 0.717) is 5.82 Å². The molecule has 3 aromatic rings. The van der Waals surface area contributed by atoms with Crippen molar-refractivity contribution in [3.05, 3.63) is 42.6 Å². The number of hydrogen-bond acceptors (Lipinski definition) is 7. The summed E-state index contributed by atoms with van der Waals surface area (Å²) in [5.41, 5.74) is 5.99.